The predicted molar refractivity (Wildman–Crippen MR) is 166 cm³/mol. The zero-order valence-corrected chi connectivity index (χ0v) is 26.2. The SMILES string of the molecule is Cc1c(O)c(O)cc2c1C(c1c[nH]c3ccc(F)cc13)C=C1[C@@]2(C)CC[C@@]2(C)[C@@H]3C[C@](C)(C(=O)O)CC[C@]3(C)CC[C@]12C. The first kappa shape index (κ1) is 28.5. The van der Waals surface area contributed by atoms with Gasteiger partial charge in [-0.25, -0.2) is 4.39 Å². The van der Waals surface area contributed by atoms with Gasteiger partial charge in [0.05, 0.1) is 5.41 Å². The molecular weight excluding hydrogens is 541 g/mol. The Hall–Kier alpha value is -3.28. The molecule has 5 nitrogen and oxygen atoms in total. The third-order valence-electron chi connectivity index (χ3n) is 13.6. The zero-order valence-electron chi connectivity index (χ0n) is 26.2. The molecule has 1 unspecified atom stereocenters. The largest absolute Gasteiger partial charge is 0.504 e. The number of carboxylic acid groups (broad SMARTS) is 1. The molecule has 0 saturated heterocycles. The lowest BCUT2D eigenvalue weighted by atomic mass is 9.34. The molecule has 6 heteroatoms. The first-order chi connectivity index (χ1) is 20.1. The van der Waals surface area contributed by atoms with Crippen molar-refractivity contribution in [3.8, 4) is 11.5 Å². The van der Waals surface area contributed by atoms with E-state index in [9.17, 15) is 24.5 Å². The van der Waals surface area contributed by atoms with Gasteiger partial charge in [0.1, 0.15) is 5.82 Å². The molecule has 228 valence electrons. The summed E-state index contributed by atoms with van der Waals surface area (Å²) in [4.78, 5) is 15.9. The lowest BCUT2D eigenvalue weighted by Gasteiger charge is -2.70. The number of hydrogen-bond acceptors (Lipinski definition) is 3. The highest BCUT2D eigenvalue weighted by Crippen LogP contribution is 2.75. The van der Waals surface area contributed by atoms with Crippen molar-refractivity contribution >= 4 is 16.9 Å². The van der Waals surface area contributed by atoms with E-state index in [1.807, 2.05) is 20.0 Å². The van der Waals surface area contributed by atoms with E-state index in [0.29, 0.717) is 12.0 Å². The van der Waals surface area contributed by atoms with Gasteiger partial charge in [0.2, 0.25) is 0 Å². The van der Waals surface area contributed by atoms with Gasteiger partial charge in [-0.15, -0.1) is 0 Å². The molecule has 4 aliphatic carbocycles. The van der Waals surface area contributed by atoms with Crippen molar-refractivity contribution in [2.45, 2.75) is 97.8 Å². The fraction of sp³-hybridized carbons (Fsp3) is 0.541. The van der Waals surface area contributed by atoms with Crippen LogP contribution in [-0.4, -0.2) is 26.3 Å². The first-order valence-electron chi connectivity index (χ1n) is 15.9. The highest BCUT2D eigenvalue weighted by atomic mass is 19.1. The number of allylic oxidation sites excluding steroid dienone is 2. The molecule has 2 aromatic carbocycles. The number of hydrogen-bond donors (Lipinski definition) is 4. The average Bonchev–Trinajstić information content (AvgIpc) is 3.37. The molecule has 7 atom stereocenters. The number of aromatic hydroxyl groups is 2. The van der Waals surface area contributed by atoms with Crippen LogP contribution in [0.15, 0.2) is 42.1 Å². The number of aromatic nitrogens is 1. The molecule has 43 heavy (non-hydrogen) atoms. The number of carbonyl (C=O) groups is 1. The van der Waals surface area contributed by atoms with Gasteiger partial charge in [-0.1, -0.05) is 39.3 Å². The van der Waals surface area contributed by atoms with Crippen molar-refractivity contribution in [2.75, 3.05) is 0 Å². The van der Waals surface area contributed by atoms with Gasteiger partial charge in [-0.05, 0) is 127 Å². The van der Waals surface area contributed by atoms with Gasteiger partial charge < -0.3 is 20.3 Å². The van der Waals surface area contributed by atoms with Gasteiger partial charge in [-0.2, -0.15) is 0 Å². The minimum atomic E-state index is -0.725. The van der Waals surface area contributed by atoms with Crippen LogP contribution in [0.2, 0.25) is 0 Å². The lowest BCUT2D eigenvalue weighted by Crippen LogP contribution is -2.62. The summed E-state index contributed by atoms with van der Waals surface area (Å²) in [5.41, 5.74) is 4.48. The number of fused-ring (bicyclic) bond motifs is 8. The van der Waals surface area contributed by atoms with Crippen molar-refractivity contribution in [2.24, 2.45) is 27.6 Å². The number of nitrogens with one attached hydrogen (secondary N) is 1. The van der Waals surface area contributed by atoms with E-state index in [2.05, 4.69) is 38.8 Å². The van der Waals surface area contributed by atoms with Gasteiger partial charge in [0.25, 0.3) is 0 Å². The molecule has 0 aliphatic heterocycles. The Balaban J connectivity index is 1.47. The average molecular weight is 586 g/mol. The van der Waals surface area contributed by atoms with Gasteiger partial charge >= 0.3 is 5.97 Å². The number of aliphatic carboxylic acids is 1. The third-order valence-corrected chi connectivity index (χ3v) is 13.6. The van der Waals surface area contributed by atoms with E-state index < -0.39 is 11.4 Å². The topological polar surface area (TPSA) is 93.5 Å². The number of halogens is 1. The second-order valence-electron chi connectivity index (χ2n) is 15.7. The molecule has 1 heterocycles. The summed E-state index contributed by atoms with van der Waals surface area (Å²) < 4.78 is 14.6. The fourth-order valence-electron chi connectivity index (χ4n) is 10.6. The monoisotopic (exact) mass is 585 g/mol. The Kier molecular flexibility index (Phi) is 5.74. The maximum absolute atomic E-state index is 14.6. The van der Waals surface area contributed by atoms with Crippen molar-refractivity contribution in [3.63, 3.8) is 0 Å². The summed E-state index contributed by atoms with van der Waals surface area (Å²) in [6.45, 7) is 13.3. The molecule has 3 fully saturated rings. The highest BCUT2D eigenvalue weighted by Gasteiger charge is 2.67. The van der Waals surface area contributed by atoms with Crippen LogP contribution in [0.25, 0.3) is 10.9 Å². The summed E-state index contributed by atoms with van der Waals surface area (Å²) in [7, 11) is 0. The Bertz CT molecular complexity index is 1740. The smallest absolute Gasteiger partial charge is 0.309 e. The second kappa shape index (κ2) is 8.67. The third kappa shape index (κ3) is 3.52. The van der Waals surface area contributed by atoms with Gasteiger partial charge in [0.15, 0.2) is 11.5 Å². The van der Waals surface area contributed by atoms with Crippen LogP contribution >= 0.6 is 0 Å². The molecule has 3 saturated carbocycles. The van der Waals surface area contributed by atoms with Crippen LogP contribution < -0.4 is 0 Å². The quantitative estimate of drug-likeness (QED) is 0.179. The number of rotatable bonds is 2. The summed E-state index contributed by atoms with van der Waals surface area (Å²) in [6.07, 6.45) is 10.6. The minimum absolute atomic E-state index is 0.0957. The molecule has 3 aromatic rings. The van der Waals surface area contributed by atoms with E-state index in [1.54, 1.807) is 18.2 Å². The number of aromatic amines is 1. The molecule has 1 aromatic heterocycles. The first-order valence-corrected chi connectivity index (χ1v) is 15.9. The molecule has 0 radical (unpaired) electrons. The molecule has 0 spiro atoms. The molecule has 0 amide bonds. The van der Waals surface area contributed by atoms with Crippen molar-refractivity contribution in [1.29, 1.82) is 0 Å². The van der Waals surface area contributed by atoms with Crippen LogP contribution in [0, 0.1) is 40.3 Å². The number of phenols is 2. The Morgan fingerprint density at radius 3 is 2.42 bits per heavy atom. The van der Waals surface area contributed by atoms with Crippen LogP contribution in [0.4, 0.5) is 4.39 Å². The molecule has 4 aliphatic rings. The van der Waals surface area contributed by atoms with Crippen molar-refractivity contribution in [3.05, 3.63) is 70.2 Å². The van der Waals surface area contributed by atoms with E-state index in [-0.39, 0.29) is 50.8 Å². The minimum Gasteiger partial charge on any atom is -0.504 e. The Morgan fingerprint density at radius 2 is 1.70 bits per heavy atom. The summed E-state index contributed by atoms with van der Waals surface area (Å²) >= 11 is 0. The summed E-state index contributed by atoms with van der Waals surface area (Å²) in [5.74, 6) is -1.18. The van der Waals surface area contributed by atoms with Crippen LogP contribution in [0.3, 0.4) is 0 Å². The number of H-pyrrole nitrogens is 1. The van der Waals surface area contributed by atoms with Gasteiger partial charge in [-0.3, -0.25) is 4.79 Å². The molecule has 0 bridgehead atoms. The molecule has 4 N–H and O–H groups in total. The van der Waals surface area contributed by atoms with E-state index in [0.717, 1.165) is 66.1 Å². The van der Waals surface area contributed by atoms with E-state index in [1.165, 1.54) is 11.6 Å². The van der Waals surface area contributed by atoms with E-state index in [4.69, 9.17) is 0 Å². The molecular formula is C37H44FNO4. The Morgan fingerprint density at radius 1 is 0.977 bits per heavy atom. The number of benzene rings is 2. The second-order valence-corrected chi connectivity index (χ2v) is 15.7. The van der Waals surface area contributed by atoms with Crippen molar-refractivity contribution < 1.29 is 24.5 Å². The van der Waals surface area contributed by atoms with Crippen LogP contribution in [0.1, 0.15) is 108 Å². The zero-order chi connectivity index (χ0) is 30.9. The number of phenolic OH excluding ortho intramolecular Hbond substituents is 2. The normalized spacial score (nSPS) is 38.4. The number of carboxylic acids is 1. The standard InChI is InChI=1S/C37H44FNO4/c1-20-30-23(24-19-39-26-8-7-21(38)15-22(24)26)16-28-35(4,25(30)17-27(40)31(20)41)12-14-37(6)29-18-34(3,32(42)43)10-9-33(29,2)11-13-36(28,37)5/h7-8,15-17,19,23,29,39-41H,9-14,18H2,1-6H3,(H,42,43)/t23?,29-,33-,34-,35+,36-,37+/m1/s1. The van der Waals surface area contributed by atoms with Crippen molar-refractivity contribution in [1.82, 2.24) is 4.98 Å². The fourth-order valence-corrected chi connectivity index (χ4v) is 10.6. The van der Waals surface area contributed by atoms with Crippen LogP contribution in [-0.2, 0) is 10.2 Å². The Labute approximate surface area is 253 Å². The molecule has 7 rings (SSSR count). The highest BCUT2D eigenvalue weighted by molar-refractivity contribution is 5.85. The summed E-state index contributed by atoms with van der Waals surface area (Å²) in [5, 5.41) is 33.0. The van der Waals surface area contributed by atoms with Crippen LogP contribution in [0.5, 0.6) is 11.5 Å². The maximum atomic E-state index is 14.6. The predicted octanol–water partition coefficient (Wildman–Crippen LogP) is 8.85. The summed E-state index contributed by atoms with van der Waals surface area (Å²) in [6, 6.07) is 6.58. The van der Waals surface area contributed by atoms with E-state index >= 15 is 0 Å². The maximum Gasteiger partial charge on any atom is 0.309 e. The van der Waals surface area contributed by atoms with Gasteiger partial charge in [0, 0.05) is 28.4 Å². The lowest BCUT2D eigenvalue weighted by molar-refractivity contribution is -0.177.